The van der Waals surface area contributed by atoms with Crippen molar-refractivity contribution in [1.29, 1.82) is 0 Å². The summed E-state index contributed by atoms with van der Waals surface area (Å²) in [7, 11) is -5.62. The average molecular weight is 766 g/mol. The summed E-state index contributed by atoms with van der Waals surface area (Å²) < 4.78 is 108. The van der Waals surface area contributed by atoms with Crippen molar-refractivity contribution in [2.24, 2.45) is 5.73 Å². The highest BCUT2D eigenvalue weighted by atomic mass is 35.5. The normalized spacial score (nSPS) is 17.8. The number of alkyl halides is 5. The molecule has 2 fully saturated rings. The molecule has 1 heterocycles. The molecule has 1 saturated heterocycles. The van der Waals surface area contributed by atoms with E-state index in [-0.39, 0.29) is 31.0 Å². The molecule has 1 amide bonds. The number of nitrogens with zero attached hydrogens (tertiary/aromatic N) is 2. The van der Waals surface area contributed by atoms with Crippen LogP contribution in [0, 0.1) is 0 Å². The first-order valence-electron chi connectivity index (χ1n) is 16.4. The molecule has 9 nitrogen and oxygen atoms in total. The van der Waals surface area contributed by atoms with Crippen LogP contribution in [0.1, 0.15) is 37.7 Å². The largest absolute Gasteiger partial charge is 0.492 e. The van der Waals surface area contributed by atoms with Gasteiger partial charge in [0.15, 0.2) is 0 Å². The molecule has 1 aliphatic carbocycles. The Labute approximate surface area is 301 Å². The average Bonchev–Trinajstić information content (AvgIpc) is 3.79. The Kier molecular flexibility index (Phi) is 10.5. The summed E-state index contributed by atoms with van der Waals surface area (Å²) in [5, 5.41) is 1.15. The number of carbonyl (C=O) groups excluding carboxylic acids is 2. The smallest absolute Gasteiger partial charge is 0.490 e. The van der Waals surface area contributed by atoms with Crippen LogP contribution >= 0.6 is 11.6 Å². The van der Waals surface area contributed by atoms with Crippen LogP contribution in [0.4, 0.5) is 22.0 Å². The molecular formula is C36H33ClF5N3O6S. The first-order valence-corrected chi connectivity index (χ1v) is 18.2. The van der Waals surface area contributed by atoms with Crippen molar-refractivity contribution in [3.05, 3.63) is 95.5 Å². The van der Waals surface area contributed by atoms with Gasteiger partial charge in [0.25, 0.3) is 15.9 Å². The number of hydrogen-bond acceptors (Lipinski definition) is 7. The lowest BCUT2D eigenvalue weighted by Gasteiger charge is -2.35. The van der Waals surface area contributed by atoms with Gasteiger partial charge in [-0.05, 0) is 94.9 Å². The molecule has 0 unspecified atom stereocenters. The third-order valence-electron chi connectivity index (χ3n) is 9.10. The monoisotopic (exact) mass is 765 g/mol. The first kappa shape index (κ1) is 37.4. The molecule has 276 valence electrons. The van der Waals surface area contributed by atoms with Crippen molar-refractivity contribution >= 4 is 44.3 Å². The van der Waals surface area contributed by atoms with Gasteiger partial charge in [-0.25, -0.2) is 13.2 Å². The molecule has 1 aliphatic heterocycles. The van der Waals surface area contributed by atoms with Crippen LogP contribution in [0.3, 0.4) is 0 Å². The van der Waals surface area contributed by atoms with Gasteiger partial charge >= 0.3 is 18.1 Å². The molecule has 16 heteroatoms. The van der Waals surface area contributed by atoms with E-state index in [0.717, 1.165) is 54.8 Å². The second kappa shape index (κ2) is 14.6. The van der Waals surface area contributed by atoms with Crippen molar-refractivity contribution in [1.82, 2.24) is 9.37 Å². The summed E-state index contributed by atoms with van der Waals surface area (Å²) in [6, 6.07) is 14.7. The van der Waals surface area contributed by atoms with Crippen LogP contribution in [-0.2, 0) is 30.4 Å². The summed E-state index contributed by atoms with van der Waals surface area (Å²) in [5.41, 5.74) is 5.97. The van der Waals surface area contributed by atoms with E-state index < -0.39 is 61.0 Å². The van der Waals surface area contributed by atoms with Gasteiger partial charge in [0, 0.05) is 29.7 Å². The van der Waals surface area contributed by atoms with Crippen LogP contribution in [0.2, 0.25) is 5.02 Å². The van der Waals surface area contributed by atoms with Crippen LogP contribution in [0.25, 0.3) is 21.9 Å². The van der Waals surface area contributed by atoms with Gasteiger partial charge in [0.2, 0.25) is 6.04 Å². The van der Waals surface area contributed by atoms with Crippen LogP contribution in [0.5, 0.6) is 5.75 Å². The Morgan fingerprint density at radius 1 is 0.846 bits per heavy atom. The molecular weight excluding hydrogens is 733 g/mol. The Morgan fingerprint density at radius 2 is 1.44 bits per heavy atom. The SMILES string of the molecule is N[C@H]1CCN(C(=O)[C@@H](N(OC(=O)C(F)(F)F)S(=O)(=O)c2ccc3cc(OC4CCCC4)ccc3c2)C(F)(F)c2ccc(-c3ccc(Cl)cc3)cc2)C1. The number of fused-ring (bicyclic) bond motifs is 1. The lowest BCUT2D eigenvalue weighted by molar-refractivity contribution is -0.239. The number of halogens is 6. The molecule has 4 aromatic carbocycles. The fourth-order valence-corrected chi connectivity index (χ4v) is 7.85. The van der Waals surface area contributed by atoms with E-state index in [1.54, 1.807) is 36.4 Å². The van der Waals surface area contributed by atoms with Crippen LogP contribution in [0.15, 0.2) is 89.8 Å². The maximum absolute atomic E-state index is 16.8. The number of ether oxygens (including phenoxy) is 1. The molecule has 6 rings (SSSR count). The minimum atomic E-state index is -5.83. The lowest BCUT2D eigenvalue weighted by Crippen LogP contribution is -2.58. The molecule has 0 bridgehead atoms. The van der Waals surface area contributed by atoms with Gasteiger partial charge in [-0.1, -0.05) is 60.1 Å². The second-order valence-electron chi connectivity index (χ2n) is 12.8. The van der Waals surface area contributed by atoms with E-state index in [1.807, 2.05) is 0 Å². The summed E-state index contributed by atoms with van der Waals surface area (Å²) in [6.45, 7) is -0.506. The highest BCUT2D eigenvalue weighted by molar-refractivity contribution is 7.89. The lowest BCUT2D eigenvalue weighted by atomic mass is 9.97. The van der Waals surface area contributed by atoms with Gasteiger partial charge in [-0.2, -0.15) is 22.0 Å². The predicted octanol–water partition coefficient (Wildman–Crippen LogP) is 7.21. The number of sulfonamides is 1. The molecule has 1 saturated carbocycles. The zero-order chi connectivity index (χ0) is 37.4. The number of nitrogens with two attached hydrogens (primary N) is 1. The molecule has 52 heavy (non-hydrogen) atoms. The Bertz CT molecular complexity index is 2060. The van der Waals surface area contributed by atoms with Crippen molar-refractivity contribution in [3.8, 4) is 16.9 Å². The van der Waals surface area contributed by atoms with Crippen molar-refractivity contribution in [2.75, 3.05) is 13.1 Å². The summed E-state index contributed by atoms with van der Waals surface area (Å²) in [6.07, 6.45) is -1.86. The zero-order valence-electron chi connectivity index (χ0n) is 27.4. The minimum Gasteiger partial charge on any atom is -0.490 e. The van der Waals surface area contributed by atoms with E-state index in [4.69, 9.17) is 22.1 Å². The molecule has 2 atom stereocenters. The summed E-state index contributed by atoms with van der Waals surface area (Å²) in [4.78, 5) is 30.5. The highest BCUT2D eigenvalue weighted by Gasteiger charge is 2.58. The van der Waals surface area contributed by atoms with Crippen LogP contribution < -0.4 is 10.5 Å². The van der Waals surface area contributed by atoms with Gasteiger partial charge in [-0.3, -0.25) is 4.79 Å². The van der Waals surface area contributed by atoms with E-state index in [1.165, 1.54) is 24.3 Å². The maximum atomic E-state index is 16.8. The summed E-state index contributed by atoms with van der Waals surface area (Å²) in [5.74, 6) is -8.81. The number of carbonyl (C=O) groups is 2. The molecule has 2 N–H and O–H groups in total. The Balaban J connectivity index is 1.43. The third kappa shape index (κ3) is 7.87. The van der Waals surface area contributed by atoms with Crippen molar-refractivity contribution in [3.63, 3.8) is 0 Å². The predicted molar refractivity (Wildman–Crippen MR) is 182 cm³/mol. The zero-order valence-corrected chi connectivity index (χ0v) is 28.9. The van der Waals surface area contributed by atoms with Gasteiger partial charge in [0.05, 0.1) is 11.0 Å². The minimum absolute atomic E-state index is 0.0175. The van der Waals surface area contributed by atoms with E-state index in [9.17, 15) is 31.2 Å². The number of benzene rings is 4. The first-order chi connectivity index (χ1) is 24.5. The van der Waals surface area contributed by atoms with E-state index in [0.29, 0.717) is 27.3 Å². The number of amides is 1. The molecule has 0 spiro atoms. The maximum Gasteiger partial charge on any atom is 0.492 e. The van der Waals surface area contributed by atoms with Gasteiger partial charge in [-0.15, -0.1) is 0 Å². The third-order valence-corrected chi connectivity index (χ3v) is 11.0. The molecule has 2 aliphatic rings. The number of likely N-dealkylation sites (tertiary alicyclic amines) is 1. The van der Waals surface area contributed by atoms with Gasteiger partial charge in [0.1, 0.15) is 5.75 Å². The molecule has 0 aromatic heterocycles. The van der Waals surface area contributed by atoms with E-state index >= 15 is 8.78 Å². The number of hydrogen-bond donors (Lipinski definition) is 1. The second-order valence-corrected chi connectivity index (χ2v) is 15.0. The molecule has 4 aromatic rings. The van der Waals surface area contributed by atoms with Crippen molar-refractivity contribution < 1.29 is 49.5 Å². The van der Waals surface area contributed by atoms with Crippen molar-refractivity contribution in [2.45, 2.75) is 67.3 Å². The Morgan fingerprint density at radius 3 is 2.04 bits per heavy atom. The number of rotatable bonds is 10. The quantitative estimate of drug-likeness (QED) is 0.134. The highest BCUT2D eigenvalue weighted by Crippen LogP contribution is 2.41. The van der Waals surface area contributed by atoms with Gasteiger partial charge < -0.3 is 20.2 Å². The fraction of sp³-hybridized carbons (Fsp3) is 0.333. The fourth-order valence-electron chi connectivity index (χ4n) is 6.34. The topological polar surface area (TPSA) is 119 Å². The molecule has 0 radical (unpaired) electrons. The van der Waals surface area contributed by atoms with E-state index in [2.05, 4.69) is 4.84 Å². The number of hydroxylamine groups is 1. The Hall–Kier alpha value is -4.31. The van der Waals surface area contributed by atoms with Crippen LogP contribution in [-0.4, -0.2) is 67.1 Å². The standard InChI is InChI=1S/C36H33ClF5N3O6S/c37-27-13-7-23(8-14-27)22-5-11-26(12-6-22)35(38,39)32(33(46)44-18-17-28(43)21-44)45(51-34(47)36(40,41)42)52(48,49)31-16-10-24-19-30(15-9-25(24)20-31)50-29-3-1-2-4-29/h5-16,19-20,28-29,32H,1-4,17-18,21,43H2/t28-,32+/m0/s1. The summed E-state index contributed by atoms with van der Waals surface area (Å²) >= 11 is 5.94.